The summed E-state index contributed by atoms with van der Waals surface area (Å²) >= 11 is 1.50. The molecule has 0 saturated carbocycles. The maximum Gasteiger partial charge on any atom is 0.310 e. The smallest absolute Gasteiger partial charge is 0.310 e. The van der Waals surface area contributed by atoms with E-state index in [-0.39, 0.29) is 5.69 Å². The Kier molecular flexibility index (Phi) is 3.61. The van der Waals surface area contributed by atoms with Gasteiger partial charge in [-0.15, -0.1) is 11.3 Å². The number of hydrogen-bond donors (Lipinski definition) is 0. The minimum atomic E-state index is -0.750. The predicted octanol–water partition coefficient (Wildman–Crippen LogP) is 1.98. The number of nitrogens with zero attached hydrogens (tertiary/aromatic N) is 2. The van der Waals surface area contributed by atoms with Crippen LogP contribution in [0.15, 0.2) is 58.4 Å². The zero-order chi connectivity index (χ0) is 14.7. The Labute approximate surface area is 124 Å². The number of benzene rings is 1. The molecule has 0 bridgehead atoms. The second-order valence-corrected chi connectivity index (χ2v) is 5.15. The van der Waals surface area contributed by atoms with Gasteiger partial charge in [0.15, 0.2) is 5.95 Å². The third-order valence-electron chi connectivity index (χ3n) is 2.79. The van der Waals surface area contributed by atoms with Crippen molar-refractivity contribution in [3.63, 3.8) is 0 Å². The van der Waals surface area contributed by atoms with Gasteiger partial charge in [0.1, 0.15) is 0 Å². The molecule has 21 heavy (non-hydrogen) atoms. The van der Waals surface area contributed by atoms with E-state index in [0.29, 0.717) is 5.69 Å². The first-order chi connectivity index (χ1) is 10.3. The van der Waals surface area contributed by atoms with Crippen molar-refractivity contribution in [2.75, 3.05) is 0 Å². The lowest BCUT2D eigenvalue weighted by Gasteiger charge is -1.93. The summed E-state index contributed by atoms with van der Waals surface area (Å²) in [6.07, 6.45) is 3.01. The van der Waals surface area contributed by atoms with Crippen LogP contribution in [0.25, 0.3) is 11.8 Å². The number of rotatable bonds is 4. The average Bonchev–Trinajstić information content (AvgIpc) is 3.15. The number of carbonyl (C=O) groups excluding carboxylic acids is 1. The van der Waals surface area contributed by atoms with Crippen molar-refractivity contribution in [2.45, 2.75) is 0 Å². The van der Waals surface area contributed by atoms with E-state index >= 15 is 0 Å². The molecule has 0 atom stereocenters. The number of carbonyl (C=O) groups is 1. The first-order valence-corrected chi connectivity index (χ1v) is 7.04. The minimum Gasteiger partial charge on any atom is -0.539 e. The lowest BCUT2D eigenvalue weighted by molar-refractivity contribution is -0.672. The summed E-state index contributed by atoms with van der Waals surface area (Å²) in [6, 6.07) is 12.7. The fourth-order valence-electron chi connectivity index (χ4n) is 1.82. The van der Waals surface area contributed by atoms with Crippen LogP contribution in [0, 0.1) is 0 Å². The van der Waals surface area contributed by atoms with E-state index in [0.717, 1.165) is 4.88 Å². The predicted molar refractivity (Wildman–Crippen MR) is 75.2 cm³/mol. The average molecular weight is 298 g/mol. The summed E-state index contributed by atoms with van der Waals surface area (Å²) < 4.78 is 5.83. The second-order valence-electron chi connectivity index (χ2n) is 4.17. The third-order valence-corrected chi connectivity index (χ3v) is 3.62. The summed E-state index contributed by atoms with van der Waals surface area (Å²) in [5, 5.41) is 17.3. The highest BCUT2D eigenvalue weighted by Gasteiger charge is 2.25. The van der Waals surface area contributed by atoms with Crippen molar-refractivity contribution in [3.8, 4) is 11.6 Å². The molecule has 3 rings (SSSR count). The first-order valence-electron chi connectivity index (χ1n) is 6.16. The van der Waals surface area contributed by atoms with Crippen molar-refractivity contribution < 1.29 is 19.1 Å². The molecule has 0 N–H and O–H groups in total. The zero-order valence-electron chi connectivity index (χ0n) is 10.8. The number of aromatic nitrogens is 2. The highest BCUT2D eigenvalue weighted by molar-refractivity contribution is 7.10. The quantitative estimate of drug-likeness (QED) is 0.419. The Morgan fingerprint density at radius 1 is 1.24 bits per heavy atom. The largest absolute Gasteiger partial charge is 0.539 e. The number of para-hydroxylation sites is 1. The van der Waals surface area contributed by atoms with Crippen LogP contribution in [0.5, 0.6) is 5.95 Å². The van der Waals surface area contributed by atoms with Gasteiger partial charge >= 0.3 is 5.69 Å². The van der Waals surface area contributed by atoms with Gasteiger partial charge in [-0.25, -0.2) is 0 Å². The highest BCUT2D eigenvalue weighted by atomic mass is 32.1. The van der Waals surface area contributed by atoms with Gasteiger partial charge in [-0.3, -0.25) is 4.79 Å². The van der Waals surface area contributed by atoms with E-state index < -0.39 is 11.7 Å². The van der Waals surface area contributed by atoms with Gasteiger partial charge in [-0.05, 0) is 28.3 Å². The van der Waals surface area contributed by atoms with Crippen LogP contribution < -0.4 is 9.79 Å². The lowest BCUT2D eigenvalue weighted by atomic mass is 10.2. The molecule has 0 aliphatic carbocycles. The molecular formula is C15H10N2O3S. The molecule has 0 fully saturated rings. The number of hydrogen-bond acceptors (Lipinski definition) is 5. The lowest BCUT2D eigenvalue weighted by Crippen LogP contribution is -2.38. The number of allylic oxidation sites excluding steroid dienone is 1. The molecule has 3 aromatic rings. The Morgan fingerprint density at radius 2 is 2.05 bits per heavy atom. The standard InChI is InChI=1S/C15H10N2O3S/c18-13(9-8-12-7-4-10-21-12)14-15(19)20-16-17(14)11-5-2-1-3-6-11/h1-10H/b9-8+. The third kappa shape index (κ3) is 2.75. The molecule has 5 nitrogen and oxygen atoms in total. The number of ketones is 1. The Bertz CT molecular complexity index is 777. The second kappa shape index (κ2) is 5.72. The minimum absolute atomic E-state index is 0.117. The van der Waals surface area contributed by atoms with E-state index in [9.17, 15) is 9.90 Å². The normalized spacial score (nSPS) is 11.0. The summed E-state index contributed by atoms with van der Waals surface area (Å²) in [6.45, 7) is 0. The Balaban J connectivity index is 1.95. The summed E-state index contributed by atoms with van der Waals surface area (Å²) in [5.74, 6) is -1.20. The maximum absolute atomic E-state index is 12.2. The molecule has 6 heteroatoms. The first kappa shape index (κ1) is 13.3. The van der Waals surface area contributed by atoms with Crippen LogP contribution in [0.4, 0.5) is 0 Å². The van der Waals surface area contributed by atoms with Gasteiger partial charge in [-0.2, -0.15) is 0 Å². The van der Waals surface area contributed by atoms with Gasteiger partial charge in [0.2, 0.25) is 5.69 Å². The fraction of sp³-hybridized carbons (Fsp3) is 0. The Hall–Kier alpha value is -2.73. The van der Waals surface area contributed by atoms with Crippen molar-refractivity contribution >= 4 is 23.2 Å². The van der Waals surface area contributed by atoms with Crippen LogP contribution in [0.3, 0.4) is 0 Å². The topological polar surface area (TPSA) is 70.0 Å². The van der Waals surface area contributed by atoms with Gasteiger partial charge < -0.3 is 9.63 Å². The van der Waals surface area contributed by atoms with E-state index in [1.54, 1.807) is 30.3 Å². The summed E-state index contributed by atoms with van der Waals surface area (Å²) in [4.78, 5) is 13.1. The molecule has 0 spiro atoms. The molecular weight excluding hydrogens is 288 g/mol. The van der Waals surface area contributed by atoms with E-state index in [4.69, 9.17) is 0 Å². The molecule has 2 heterocycles. The van der Waals surface area contributed by atoms with Crippen molar-refractivity contribution in [1.82, 2.24) is 5.27 Å². The highest BCUT2D eigenvalue weighted by Crippen LogP contribution is 2.14. The van der Waals surface area contributed by atoms with E-state index in [1.807, 2.05) is 23.6 Å². The fourth-order valence-corrected chi connectivity index (χ4v) is 2.44. The van der Waals surface area contributed by atoms with Crippen LogP contribution in [-0.2, 0) is 0 Å². The van der Waals surface area contributed by atoms with Gasteiger partial charge in [0, 0.05) is 17.0 Å². The van der Waals surface area contributed by atoms with Crippen molar-refractivity contribution in [3.05, 3.63) is 64.5 Å². The molecule has 0 amide bonds. The maximum atomic E-state index is 12.2. The molecule has 1 aromatic carbocycles. The van der Waals surface area contributed by atoms with E-state index in [2.05, 4.69) is 9.79 Å². The molecule has 0 radical (unpaired) electrons. The van der Waals surface area contributed by atoms with Crippen LogP contribution in [0.2, 0.25) is 0 Å². The van der Waals surface area contributed by atoms with Gasteiger partial charge in [0.05, 0.1) is 5.27 Å². The molecule has 104 valence electrons. The Morgan fingerprint density at radius 3 is 2.76 bits per heavy atom. The molecule has 2 aromatic heterocycles. The SMILES string of the molecule is O=C(/C=C/c1cccs1)c1c([O-])on[n+]1-c1ccccc1. The summed E-state index contributed by atoms with van der Waals surface area (Å²) in [7, 11) is 0. The molecule has 0 unspecified atom stereocenters. The van der Waals surface area contributed by atoms with Crippen LogP contribution >= 0.6 is 11.3 Å². The van der Waals surface area contributed by atoms with Crippen molar-refractivity contribution in [2.24, 2.45) is 0 Å². The molecule has 0 saturated heterocycles. The zero-order valence-corrected chi connectivity index (χ0v) is 11.6. The molecule has 0 aliphatic rings. The van der Waals surface area contributed by atoms with Gasteiger partial charge in [0.25, 0.3) is 5.78 Å². The van der Waals surface area contributed by atoms with Crippen LogP contribution in [0.1, 0.15) is 15.4 Å². The van der Waals surface area contributed by atoms with Crippen LogP contribution in [-0.4, -0.2) is 11.1 Å². The van der Waals surface area contributed by atoms with Gasteiger partial charge in [-0.1, -0.05) is 24.3 Å². The van der Waals surface area contributed by atoms with E-state index in [1.165, 1.54) is 22.1 Å². The number of thiophene rings is 1. The summed E-state index contributed by atoms with van der Waals surface area (Å²) in [5.41, 5.74) is 0.477. The van der Waals surface area contributed by atoms with Crippen molar-refractivity contribution in [1.29, 1.82) is 0 Å². The molecule has 0 aliphatic heterocycles. The monoisotopic (exact) mass is 298 g/mol.